The van der Waals surface area contributed by atoms with E-state index in [0.717, 1.165) is 35.6 Å². The molecule has 1 aliphatic heterocycles. The Balaban J connectivity index is 1.54. The molecule has 0 amide bonds. The maximum Gasteiger partial charge on any atom is 0.122 e. The summed E-state index contributed by atoms with van der Waals surface area (Å²) >= 11 is 0. The van der Waals surface area contributed by atoms with E-state index in [2.05, 4.69) is 21.3 Å². The molecular formula is C17H27N3O. The minimum atomic E-state index is 0.797. The first-order valence-corrected chi connectivity index (χ1v) is 8.20. The van der Waals surface area contributed by atoms with Crippen LogP contribution in [0.25, 0.3) is 0 Å². The summed E-state index contributed by atoms with van der Waals surface area (Å²) in [5.74, 6) is 1.72. The topological polar surface area (TPSA) is 37.4 Å². The van der Waals surface area contributed by atoms with E-state index >= 15 is 0 Å². The normalized spacial score (nSPS) is 23.2. The van der Waals surface area contributed by atoms with Crippen molar-refractivity contribution in [3.63, 3.8) is 0 Å². The highest BCUT2D eigenvalue weighted by molar-refractivity contribution is 5.26. The highest BCUT2D eigenvalue weighted by Crippen LogP contribution is 2.22. The van der Waals surface area contributed by atoms with E-state index < -0.39 is 0 Å². The Hall–Kier alpha value is -1.13. The Morgan fingerprint density at radius 3 is 2.95 bits per heavy atom. The maximum atomic E-state index is 5.35. The number of aromatic nitrogens is 1. The van der Waals surface area contributed by atoms with Crippen LogP contribution in [0.15, 0.2) is 12.1 Å². The zero-order chi connectivity index (χ0) is 14.7. The first-order chi connectivity index (χ1) is 10.2. The Bertz CT molecular complexity index is 473. The minimum Gasteiger partial charge on any atom is -0.497 e. The first-order valence-electron chi connectivity index (χ1n) is 8.20. The molecule has 2 fully saturated rings. The van der Waals surface area contributed by atoms with Crippen LogP contribution in [0.3, 0.4) is 0 Å². The molecule has 2 heterocycles. The van der Waals surface area contributed by atoms with Crippen molar-refractivity contribution in [2.45, 2.75) is 45.2 Å². The van der Waals surface area contributed by atoms with Crippen LogP contribution in [0.2, 0.25) is 0 Å². The Morgan fingerprint density at radius 1 is 1.33 bits per heavy atom. The molecule has 4 heteroatoms. The van der Waals surface area contributed by atoms with E-state index in [9.17, 15) is 0 Å². The lowest BCUT2D eigenvalue weighted by atomic mass is 9.98. The molecule has 4 nitrogen and oxygen atoms in total. The zero-order valence-corrected chi connectivity index (χ0v) is 13.3. The van der Waals surface area contributed by atoms with Gasteiger partial charge in [-0.15, -0.1) is 0 Å². The minimum absolute atomic E-state index is 0.797. The standard InChI is InChI=1S/C17H27N3O/c1-13-8-17(21-2)9-16(19-13)12-20-7-3-4-14(11-20)10-18-15-5-6-15/h8-9,14-15,18H,3-7,10-12H2,1-2H3. The number of piperidine rings is 1. The van der Waals surface area contributed by atoms with Crippen molar-refractivity contribution >= 4 is 0 Å². The van der Waals surface area contributed by atoms with Crippen LogP contribution in [0.5, 0.6) is 5.75 Å². The van der Waals surface area contributed by atoms with Gasteiger partial charge in [0.2, 0.25) is 0 Å². The van der Waals surface area contributed by atoms with Gasteiger partial charge in [-0.3, -0.25) is 9.88 Å². The van der Waals surface area contributed by atoms with Crippen LogP contribution in [0.1, 0.15) is 37.1 Å². The summed E-state index contributed by atoms with van der Waals surface area (Å²) in [6.07, 6.45) is 5.42. The fraction of sp³-hybridized carbons (Fsp3) is 0.706. The summed E-state index contributed by atoms with van der Waals surface area (Å²) in [5.41, 5.74) is 2.16. The van der Waals surface area contributed by atoms with Crippen molar-refractivity contribution in [3.8, 4) is 5.75 Å². The van der Waals surface area contributed by atoms with Crippen molar-refractivity contribution < 1.29 is 4.74 Å². The first kappa shape index (κ1) is 14.8. The highest BCUT2D eigenvalue weighted by atomic mass is 16.5. The van der Waals surface area contributed by atoms with Crippen molar-refractivity contribution in [1.29, 1.82) is 0 Å². The lowest BCUT2D eigenvalue weighted by Gasteiger charge is -2.32. The van der Waals surface area contributed by atoms with E-state index in [1.54, 1.807) is 7.11 Å². The van der Waals surface area contributed by atoms with Crippen LogP contribution in [-0.4, -0.2) is 42.7 Å². The highest BCUT2D eigenvalue weighted by Gasteiger charge is 2.24. The second kappa shape index (κ2) is 6.75. The van der Waals surface area contributed by atoms with E-state index in [1.807, 2.05) is 13.0 Å². The predicted molar refractivity (Wildman–Crippen MR) is 84.6 cm³/mol. The molecule has 3 rings (SSSR count). The molecule has 1 aromatic heterocycles. The van der Waals surface area contributed by atoms with Gasteiger partial charge in [0.25, 0.3) is 0 Å². The van der Waals surface area contributed by atoms with Crippen molar-refractivity contribution in [3.05, 3.63) is 23.5 Å². The fourth-order valence-corrected chi connectivity index (χ4v) is 3.21. The summed E-state index contributed by atoms with van der Waals surface area (Å²) in [4.78, 5) is 7.19. The molecular weight excluding hydrogens is 262 g/mol. The summed E-state index contributed by atoms with van der Waals surface area (Å²) in [7, 11) is 1.72. The largest absolute Gasteiger partial charge is 0.497 e. The molecule has 1 atom stereocenters. The third-order valence-electron chi connectivity index (χ3n) is 4.48. The summed E-state index contributed by atoms with van der Waals surface area (Å²) in [6, 6.07) is 4.88. The Kier molecular flexibility index (Phi) is 4.76. The lowest BCUT2D eigenvalue weighted by Crippen LogP contribution is -2.39. The number of likely N-dealkylation sites (tertiary alicyclic amines) is 1. The molecule has 116 valence electrons. The molecule has 0 aromatic carbocycles. The molecule has 0 radical (unpaired) electrons. The number of hydrogen-bond donors (Lipinski definition) is 1. The van der Waals surface area contributed by atoms with Crippen LogP contribution in [0, 0.1) is 12.8 Å². The third-order valence-corrected chi connectivity index (χ3v) is 4.48. The van der Waals surface area contributed by atoms with Gasteiger partial charge in [-0.05, 0) is 51.6 Å². The number of ether oxygens (including phenoxy) is 1. The second-order valence-corrected chi connectivity index (χ2v) is 6.57. The molecule has 1 unspecified atom stereocenters. The van der Waals surface area contributed by atoms with Crippen LogP contribution in [-0.2, 0) is 6.54 Å². The predicted octanol–water partition coefficient (Wildman–Crippen LogP) is 2.36. The number of hydrogen-bond acceptors (Lipinski definition) is 4. The SMILES string of the molecule is COc1cc(C)nc(CN2CCCC(CNC3CC3)C2)c1. The number of nitrogens with one attached hydrogen (secondary N) is 1. The maximum absolute atomic E-state index is 5.35. The monoisotopic (exact) mass is 289 g/mol. The van der Waals surface area contributed by atoms with Gasteiger partial charge < -0.3 is 10.1 Å². The molecule has 2 aliphatic rings. The molecule has 0 spiro atoms. The molecule has 1 N–H and O–H groups in total. The lowest BCUT2D eigenvalue weighted by molar-refractivity contribution is 0.163. The van der Waals surface area contributed by atoms with Gasteiger partial charge in [0.1, 0.15) is 5.75 Å². The summed E-state index contributed by atoms with van der Waals surface area (Å²) in [5, 5.41) is 3.68. The molecule has 1 saturated carbocycles. The van der Waals surface area contributed by atoms with Crippen molar-refractivity contribution in [2.24, 2.45) is 5.92 Å². The van der Waals surface area contributed by atoms with Crippen LogP contribution < -0.4 is 10.1 Å². The molecule has 21 heavy (non-hydrogen) atoms. The van der Waals surface area contributed by atoms with E-state index in [-0.39, 0.29) is 0 Å². The number of nitrogens with zero attached hydrogens (tertiary/aromatic N) is 2. The zero-order valence-electron chi connectivity index (χ0n) is 13.3. The number of methoxy groups -OCH3 is 1. The van der Waals surface area contributed by atoms with E-state index in [0.29, 0.717) is 0 Å². The number of rotatable bonds is 6. The van der Waals surface area contributed by atoms with Crippen molar-refractivity contribution in [1.82, 2.24) is 15.2 Å². The number of pyridine rings is 1. The van der Waals surface area contributed by atoms with E-state index in [4.69, 9.17) is 4.74 Å². The number of aryl methyl sites for hydroxylation is 1. The Morgan fingerprint density at radius 2 is 2.19 bits per heavy atom. The fourth-order valence-electron chi connectivity index (χ4n) is 3.21. The molecule has 0 bridgehead atoms. The average Bonchev–Trinajstić information content (AvgIpc) is 3.29. The van der Waals surface area contributed by atoms with Gasteiger partial charge in [0, 0.05) is 37.0 Å². The van der Waals surface area contributed by atoms with E-state index in [1.165, 1.54) is 45.3 Å². The summed E-state index contributed by atoms with van der Waals surface area (Å²) in [6.45, 7) is 6.55. The second-order valence-electron chi connectivity index (χ2n) is 6.57. The third kappa shape index (κ3) is 4.42. The van der Waals surface area contributed by atoms with Crippen molar-refractivity contribution in [2.75, 3.05) is 26.7 Å². The Labute approximate surface area is 127 Å². The van der Waals surface area contributed by atoms with Crippen LogP contribution in [0.4, 0.5) is 0 Å². The summed E-state index contributed by atoms with van der Waals surface area (Å²) < 4.78 is 5.35. The average molecular weight is 289 g/mol. The van der Waals surface area contributed by atoms with Crippen LogP contribution >= 0.6 is 0 Å². The van der Waals surface area contributed by atoms with Gasteiger partial charge in [-0.1, -0.05) is 0 Å². The molecule has 1 saturated heterocycles. The van der Waals surface area contributed by atoms with Gasteiger partial charge in [0.05, 0.1) is 12.8 Å². The van der Waals surface area contributed by atoms with Gasteiger partial charge in [0.15, 0.2) is 0 Å². The van der Waals surface area contributed by atoms with Gasteiger partial charge in [-0.25, -0.2) is 0 Å². The quantitative estimate of drug-likeness (QED) is 0.872. The van der Waals surface area contributed by atoms with Gasteiger partial charge in [-0.2, -0.15) is 0 Å². The smallest absolute Gasteiger partial charge is 0.122 e. The molecule has 1 aromatic rings. The van der Waals surface area contributed by atoms with Gasteiger partial charge >= 0.3 is 0 Å². The molecule has 1 aliphatic carbocycles.